The molecule has 1 fully saturated rings. The number of carbonyl (C=O) groups excluding carboxylic acids is 2. The first kappa shape index (κ1) is 23.4. The van der Waals surface area contributed by atoms with Crippen LogP contribution < -0.4 is 10.2 Å². The quantitative estimate of drug-likeness (QED) is 0.704. The number of fused-ring (bicyclic) bond motifs is 1. The van der Waals surface area contributed by atoms with Gasteiger partial charge in [0.25, 0.3) is 0 Å². The van der Waals surface area contributed by atoms with Crippen molar-refractivity contribution in [3.8, 4) is 0 Å². The first-order chi connectivity index (χ1) is 15.8. The van der Waals surface area contributed by atoms with Crippen molar-refractivity contribution in [2.45, 2.75) is 63.4 Å². The maximum Gasteiger partial charge on any atom is 0.243 e. The van der Waals surface area contributed by atoms with E-state index in [1.807, 2.05) is 38.1 Å². The Hall–Kier alpha value is -2.71. The summed E-state index contributed by atoms with van der Waals surface area (Å²) in [6.45, 7) is 4.78. The molecule has 2 heterocycles. The summed E-state index contributed by atoms with van der Waals surface area (Å²) in [4.78, 5) is 26.9. The van der Waals surface area contributed by atoms with Gasteiger partial charge in [0.1, 0.15) is 6.54 Å². The average molecular weight is 470 g/mol. The second-order valence-electron chi connectivity index (χ2n) is 9.00. The summed E-state index contributed by atoms with van der Waals surface area (Å²) in [5, 5.41) is 2.87. The van der Waals surface area contributed by atoms with Crippen LogP contribution in [0.2, 0.25) is 0 Å². The van der Waals surface area contributed by atoms with E-state index in [0.29, 0.717) is 25.2 Å². The Morgan fingerprint density at radius 1 is 1.12 bits per heavy atom. The summed E-state index contributed by atoms with van der Waals surface area (Å²) < 4.78 is 28.1. The first-order valence-corrected chi connectivity index (χ1v) is 13.0. The molecule has 2 aromatic rings. The van der Waals surface area contributed by atoms with Crippen LogP contribution in [0.25, 0.3) is 0 Å². The monoisotopic (exact) mass is 469 g/mol. The molecular weight excluding hydrogens is 438 g/mol. The molecule has 0 unspecified atom stereocenters. The predicted molar refractivity (Wildman–Crippen MR) is 127 cm³/mol. The third-order valence-electron chi connectivity index (χ3n) is 6.47. The summed E-state index contributed by atoms with van der Waals surface area (Å²) in [6.07, 6.45) is 3.50. The van der Waals surface area contributed by atoms with Gasteiger partial charge in [0.05, 0.1) is 4.90 Å². The second-order valence-corrected chi connectivity index (χ2v) is 10.9. The van der Waals surface area contributed by atoms with Crippen LogP contribution >= 0.6 is 0 Å². The van der Waals surface area contributed by atoms with Crippen molar-refractivity contribution in [3.63, 3.8) is 0 Å². The zero-order valence-corrected chi connectivity index (χ0v) is 20.0. The Bertz CT molecular complexity index is 1160. The lowest BCUT2D eigenvalue weighted by molar-refractivity contribution is -0.124. The van der Waals surface area contributed by atoms with Crippen molar-refractivity contribution in [2.75, 3.05) is 18.0 Å². The number of benzene rings is 2. The van der Waals surface area contributed by atoms with Crippen molar-refractivity contribution in [3.05, 3.63) is 59.2 Å². The number of hydrogen-bond donors (Lipinski definition) is 1. The number of sulfonamides is 1. The van der Waals surface area contributed by atoms with Crippen molar-refractivity contribution < 1.29 is 18.0 Å². The lowest BCUT2D eigenvalue weighted by Crippen LogP contribution is -2.43. The number of anilines is 1. The van der Waals surface area contributed by atoms with E-state index >= 15 is 0 Å². The number of hydrogen-bond acceptors (Lipinski definition) is 4. The van der Waals surface area contributed by atoms with Gasteiger partial charge in [-0.2, -0.15) is 4.31 Å². The molecule has 8 heteroatoms. The van der Waals surface area contributed by atoms with E-state index in [1.54, 1.807) is 22.5 Å². The van der Waals surface area contributed by atoms with E-state index in [4.69, 9.17) is 0 Å². The standard InChI is InChI=1S/C25H31N3O4S/c1-18-6-5-8-20(14-18)16-26-24(29)17-27-23-11-10-22(15-21(23)9-12-25(27)30)33(31,32)28-13-4-3-7-19(28)2/h5-6,8,10-11,14-15,19H,3-4,7,9,12-13,16-17H2,1-2H3,(H,26,29)/t19-/m0/s1. The van der Waals surface area contributed by atoms with E-state index < -0.39 is 10.0 Å². The van der Waals surface area contributed by atoms with E-state index in [2.05, 4.69) is 5.32 Å². The molecule has 0 aliphatic carbocycles. The fraction of sp³-hybridized carbons (Fsp3) is 0.440. The fourth-order valence-corrected chi connectivity index (χ4v) is 6.41. The third kappa shape index (κ3) is 5.12. The normalized spacial score (nSPS) is 19.3. The molecule has 2 aliphatic rings. The van der Waals surface area contributed by atoms with Crippen LogP contribution in [0, 0.1) is 6.92 Å². The van der Waals surface area contributed by atoms with E-state index in [9.17, 15) is 18.0 Å². The van der Waals surface area contributed by atoms with Crippen molar-refractivity contribution >= 4 is 27.5 Å². The Morgan fingerprint density at radius 3 is 2.70 bits per heavy atom. The molecule has 1 N–H and O–H groups in total. The number of amides is 2. The summed E-state index contributed by atoms with van der Waals surface area (Å²) in [5.74, 6) is -0.384. The predicted octanol–water partition coefficient (Wildman–Crippen LogP) is 3.15. The van der Waals surface area contributed by atoms with Gasteiger partial charge in [-0.15, -0.1) is 0 Å². The zero-order chi connectivity index (χ0) is 23.6. The number of aryl methyl sites for hydroxylation is 2. The molecule has 0 radical (unpaired) electrons. The van der Waals surface area contributed by atoms with Gasteiger partial charge in [-0.25, -0.2) is 8.42 Å². The topological polar surface area (TPSA) is 86.8 Å². The molecule has 2 aromatic carbocycles. The summed E-state index contributed by atoms with van der Waals surface area (Å²) in [7, 11) is -3.59. The number of nitrogens with zero attached hydrogens (tertiary/aromatic N) is 2. The van der Waals surface area contributed by atoms with Crippen LogP contribution in [0.1, 0.15) is 49.3 Å². The first-order valence-electron chi connectivity index (χ1n) is 11.5. The molecule has 0 saturated carbocycles. The molecule has 7 nitrogen and oxygen atoms in total. The van der Waals surface area contributed by atoms with Gasteiger partial charge >= 0.3 is 0 Å². The smallest absolute Gasteiger partial charge is 0.243 e. The second kappa shape index (κ2) is 9.65. The highest BCUT2D eigenvalue weighted by Crippen LogP contribution is 2.32. The lowest BCUT2D eigenvalue weighted by atomic mass is 10.0. The highest BCUT2D eigenvalue weighted by atomic mass is 32.2. The Balaban J connectivity index is 1.50. The molecule has 33 heavy (non-hydrogen) atoms. The fourth-order valence-electron chi connectivity index (χ4n) is 4.66. The molecule has 2 aliphatic heterocycles. The maximum absolute atomic E-state index is 13.2. The average Bonchev–Trinajstić information content (AvgIpc) is 2.79. The van der Waals surface area contributed by atoms with Crippen LogP contribution in [0.5, 0.6) is 0 Å². The van der Waals surface area contributed by atoms with Crippen LogP contribution in [-0.2, 0) is 32.6 Å². The van der Waals surface area contributed by atoms with Crippen LogP contribution in [-0.4, -0.2) is 43.7 Å². The SMILES string of the molecule is Cc1cccc(CNC(=O)CN2C(=O)CCc3cc(S(=O)(=O)N4CCCC[C@@H]4C)ccc32)c1. The summed E-state index contributed by atoms with van der Waals surface area (Å²) in [6, 6.07) is 12.8. The van der Waals surface area contributed by atoms with Crippen LogP contribution in [0.15, 0.2) is 47.4 Å². The van der Waals surface area contributed by atoms with E-state index in [-0.39, 0.29) is 35.7 Å². The van der Waals surface area contributed by atoms with Gasteiger partial charge in [0, 0.05) is 31.2 Å². The lowest BCUT2D eigenvalue weighted by Gasteiger charge is -2.33. The van der Waals surface area contributed by atoms with Gasteiger partial charge in [0.15, 0.2) is 0 Å². The Kier molecular flexibility index (Phi) is 6.86. The number of piperidine rings is 1. The summed E-state index contributed by atoms with van der Waals surface area (Å²) >= 11 is 0. The van der Waals surface area contributed by atoms with Gasteiger partial charge in [0.2, 0.25) is 21.8 Å². The van der Waals surface area contributed by atoms with Gasteiger partial charge in [-0.05, 0) is 62.4 Å². The minimum Gasteiger partial charge on any atom is -0.350 e. The van der Waals surface area contributed by atoms with E-state index in [1.165, 1.54) is 4.90 Å². The van der Waals surface area contributed by atoms with Gasteiger partial charge in [-0.3, -0.25) is 9.59 Å². The highest BCUT2D eigenvalue weighted by Gasteiger charge is 2.33. The zero-order valence-electron chi connectivity index (χ0n) is 19.2. The summed E-state index contributed by atoms with van der Waals surface area (Å²) in [5.41, 5.74) is 3.51. The Labute approximate surface area is 195 Å². The molecular formula is C25H31N3O4S. The molecule has 176 valence electrons. The molecule has 1 saturated heterocycles. The third-order valence-corrected chi connectivity index (χ3v) is 8.48. The molecule has 0 aromatic heterocycles. The highest BCUT2D eigenvalue weighted by molar-refractivity contribution is 7.89. The molecule has 1 atom stereocenters. The largest absolute Gasteiger partial charge is 0.350 e. The molecule has 0 bridgehead atoms. The van der Waals surface area contributed by atoms with Gasteiger partial charge < -0.3 is 10.2 Å². The Morgan fingerprint density at radius 2 is 1.94 bits per heavy atom. The number of rotatable bonds is 6. The molecule has 2 amide bonds. The van der Waals surface area contributed by atoms with Crippen molar-refractivity contribution in [1.82, 2.24) is 9.62 Å². The van der Waals surface area contributed by atoms with Crippen molar-refractivity contribution in [2.24, 2.45) is 0 Å². The number of carbonyl (C=O) groups is 2. The van der Waals surface area contributed by atoms with Crippen LogP contribution in [0.4, 0.5) is 5.69 Å². The van der Waals surface area contributed by atoms with E-state index in [0.717, 1.165) is 36.0 Å². The minimum atomic E-state index is -3.59. The minimum absolute atomic E-state index is 0.0186. The van der Waals surface area contributed by atoms with Crippen LogP contribution in [0.3, 0.4) is 0 Å². The molecule has 4 rings (SSSR count). The van der Waals surface area contributed by atoms with Gasteiger partial charge in [-0.1, -0.05) is 36.2 Å². The van der Waals surface area contributed by atoms with Crippen molar-refractivity contribution in [1.29, 1.82) is 0 Å². The number of nitrogens with one attached hydrogen (secondary N) is 1. The maximum atomic E-state index is 13.2. The molecule has 0 spiro atoms.